The molecule has 0 saturated carbocycles. The van der Waals surface area contributed by atoms with Gasteiger partial charge in [-0.1, -0.05) is 5.11 Å². The number of quaternary nitrogens is 1. The van der Waals surface area contributed by atoms with Crippen LogP contribution in [0.1, 0.15) is 0 Å². The van der Waals surface area contributed by atoms with Gasteiger partial charge in [0.2, 0.25) is 0 Å². The average molecular weight is 165 g/mol. The van der Waals surface area contributed by atoms with Crippen molar-refractivity contribution in [3.8, 4) is 0 Å². The standard InChI is InChI=1S/C5H13N4.ClH/c1-9(2,3)5-4-7-8-6;/h4-5H2,1-3H3;1H/q+1;/p-1. The van der Waals surface area contributed by atoms with E-state index >= 15 is 0 Å². The number of azide groups is 1. The zero-order chi connectivity index (χ0) is 7.33. The Bertz CT molecular complexity index is 122. The molecule has 0 unspecified atom stereocenters. The third kappa shape index (κ3) is 10.5. The van der Waals surface area contributed by atoms with Crippen LogP contribution in [0, 0.1) is 0 Å². The maximum Gasteiger partial charge on any atom is 0.0837 e. The molecule has 0 heterocycles. The van der Waals surface area contributed by atoms with Crippen LogP contribution in [0.25, 0.3) is 10.4 Å². The second-order valence-corrected chi connectivity index (χ2v) is 2.97. The summed E-state index contributed by atoms with van der Waals surface area (Å²) in [4.78, 5) is 2.65. The van der Waals surface area contributed by atoms with Crippen LogP contribution in [0.15, 0.2) is 5.11 Å². The smallest absolute Gasteiger partial charge is 0.0837 e. The lowest BCUT2D eigenvalue weighted by atomic mass is 10.5. The summed E-state index contributed by atoms with van der Waals surface area (Å²) in [6.45, 7) is 1.48. The lowest BCUT2D eigenvalue weighted by Gasteiger charge is -2.22. The second kappa shape index (κ2) is 5.35. The highest BCUT2D eigenvalue weighted by Gasteiger charge is 2.03. The maximum absolute atomic E-state index is 7.91. The normalized spacial score (nSPS) is 9.50. The number of hydrogen-bond acceptors (Lipinski definition) is 1. The van der Waals surface area contributed by atoms with Crippen molar-refractivity contribution >= 4 is 0 Å². The largest absolute Gasteiger partial charge is 1.00 e. The molecule has 0 bridgehead atoms. The van der Waals surface area contributed by atoms with Gasteiger partial charge in [-0.3, -0.25) is 0 Å². The Morgan fingerprint density at radius 2 is 1.90 bits per heavy atom. The molecule has 0 N–H and O–H groups in total. The first-order valence-corrected chi connectivity index (χ1v) is 2.87. The quantitative estimate of drug-likeness (QED) is 0.201. The van der Waals surface area contributed by atoms with Gasteiger partial charge < -0.3 is 16.9 Å². The summed E-state index contributed by atoms with van der Waals surface area (Å²) in [6.07, 6.45) is 0. The number of hydrogen-bond donors (Lipinski definition) is 0. The molecule has 0 spiro atoms. The van der Waals surface area contributed by atoms with E-state index in [2.05, 4.69) is 31.2 Å². The third-order valence-electron chi connectivity index (χ3n) is 0.934. The SMILES string of the molecule is C[N+](C)(C)CCN=[N+]=[N-].[Cl-]. The van der Waals surface area contributed by atoms with Gasteiger partial charge in [-0.2, -0.15) is 0 Å². The van der Waals surface area contributed by atoms with Gasteiger partial charge in [0.15, 0.2) is 0 Å². The highest BCUT2D eigenvalue weighted by atomic mass is 35.5. The van der Waals surface area contributed by atoms with E-state index in [1.54, 1.807) is 0 Å². The van der Waals surface area contributed by atoms with Gasteiger partial charge in [0.05, 0.1) is 34.2 Å². The van der Waals surface area contributed by atoms with Gasteiger partial charge in [-0.15, -0.1) is 0 Å². The predicted molar refractivity (Wildman–Crippen MR) is 36.9 cm³/mol. The van der Waals surface area contributed by atoms with Crippen molar-refractivity contribution in [1.82, 2.24) is 0 Å². The van der Waals surface area contributed by atoms with E-state index in [1.807, 2.05) is 0 Å². The van der Waals surface area contributed by atoms with E-state index in [1.165, 1.54) is 0 Å². The Hall–Kier alpha value is -0.440. The molecule has 0 aromatic carbocycles. The van der Waals surface area contributed by atoms with Crippen molar-refractivity contribution in [3.05, 3.63) is 10.4 Å². The van der Waals surface area contributed by atoms with Crippen LogP contribution < -0.4 is 12.4 Å². The van der Waals surface area contributed by atoms with Crippen molar-refractivity contribution in [2.24, 2.45) is 5.11 Å². The predicted octanol–water partition coefficient (Wildman–Crippen LogP) is -1.99. The first kappa shape index (κ1) is 12.3. The van der Waals surface area contributed by atoms with E-state index < -0.39 is 0 Å². The molecule has 0 rings (SSSR count). The van der Waals surface area contributed by atoms with Crippen LogP contribution in [0.3, 0.4) is 0 Å². The van der Waals surface area contributed by atoms with Crippen molar-refractivity contribution in [1.29, 1.82) is 0 Å². The molecule has 0 saturated heterocycles. The van der Waals surface area contributed by atoms with Crippen LogP contribution >= 0.6 is 0 Å². The lowest BCUT2D eigenvalue weighted by molar-refractivity contribution is -0.868. The Morgan fingerprint density at radius 1 is 1.40 bits per heavy atom. The fraction of sp³-hybridized carbons (Fsp3) is 1.00. The van der Waals surface area contributed by atoms with Gasteiger partial charge in [0.1, 0.15) is 0 Å². The molecule has 0 aromatic rings. The zero-order valence-electron chi connectivity index (χ0n) is 6.58. The fourth-order valence-electron chi connectivity index (χ4n) is 0.389. The van der Waals surface area contributed by atoms with E-state index in [9.17, 15) is 0 Å². The minimum Gasteiger partial charge on any atom is -1.00 e. The summed E-state index contributed by atoms with van der Waals surface area (Å²) in [5.74, 6) is 0. The Kier molecular flexibility index (Phi) is 6.56. The number of nitrogens with zero attached hydrogens (tertiary/aromatic N) is 4. The summed E-state index contributed by atoms with van der Waals surface area (Å²) in [5.41, 5.74) is 7.91. The molecule has 0 aromatic heterocycles. The maximum atomic E-state index is 7.91. The Labute approximate surface area is 67.5 Å². The molecule has 4 nitrogen and oxygen atoms in total. The van der Waals surface area contributed by atoms with Gasteiger partial charge in [0, 0.05) is 4.91 Å². The third-order valence-corrected chi connectivity index (χ3v) is 0.934. The minimum absolute atomic E-state index is 0. The molecular formula is C5H13ClN4. The summed E-state index contributed by atoms with van der Waals surface area (Å²) in [6, 6.07) is 0. The highest BCUT2D eigenvalue weighted by Crippen LogP contribution is 1.88. The van der Waals surface area contributed by atoms with E-state index in [-0.39, 0.29) is 12.4 Å². The van der Waals surface area contributed by atoms with Gasteiger partial charge in [0.25, 0.3) is 0 Å². The van der Waals surface area contributed by atoms with Crippen molar-refractivity contribution in [3.63, 3.8) is 0 Å². The number of rotatable bonds is 3. The van der Waals surface area contributed by atoms with Crippen LogP contribution in [-0.2, 0) is 0 Å². The average Bonchev–Trinajstić information content (AvgIpc) is 1.63. The second-order valence-electron chi connectivity index (χ2n) is 2.97. The van der Waals surface area contributed by atoms with Crippen LogP contribution in [0.4, 0.5) is 0 Å². The molecule has 5 heteroatoms. The van der Waals surface area contributed by atoms with Crippen LogP contribution in [0.5, 0.6) is 0 Å². The molecule has 10 heavy (non-hydrogen) atoms. The molecule has 0 radical (unpaired) electrons. The minimum atomic E-state index is 0. The van der Waals surface area contributed by atoms with Gasteiger partial charge >= 0.3 is 0 Å². The Balaban J connectivity index is 0. The molecule has 60 valence electrons. The first-order chi connectivity index (χ1) is 4.06. The lowest BCUT2D eigenvalue weighted by Crippen LogP contribution is -3.00. The molecule has 0 atom stereocenters. The van der Waals surface area contributed by atoms with Gasteiger partial charge in [-0.05, 0) is 5.53 Å². The van der Waals surface area contributed by atoms with E-state index in [4.69, 9.17) is 5.53 Å². The van der Waals surface area contributed by atoms with Gasteiger partial charge in [-0.25, -0.2) is 0 Å². The van der Waals surface area contributed by atoms with Crippen molar-refractivity contribution in [2.75, 3.05) is 34.2 Å². The van der Waals surface area contributed by atoms with Crippen molar-refractivity contribution < 1.29 is 16.9 Å². The molecule has 0 aliphatic heterocycles. The molecular weight excluding hydrogens is 152 g/mol. The molecule has 0 aliphatic carbocycles. The van der Waals surface area contributed by atoms with E-state index in [0.29, 0.717) is 6.54 Å². The first-order valence-electron chi connectivity index (χ1n) is 2.87. The zero-order valence-corrected chi connectivity index (χ0v) is 7.34. The topological polar surface area (TPSA) is 48.8 Å². The molecule has 0 fully saturated rings. The fourth-order valence-corrected chi connectivity index (χ4v) is 0.389. The highest BCUT2D eigenvalue weighted by molar-refractivity contribution is 4.43. The van der Waals surface area contributed by atoms with Crippen molar-refractivity contribution in [2.45, 2.75) is 0 Å². The summed E-state index contributed by atoms with van der Waals surface area (Å²) in [5, 5.41) is 3.42. The monoisotopic (exact) mass is 164 g/mol. The van der Waals surface area contributed by atoms with Crippen LogP contribution in [-0.4, -0.2) is 38.7 Å². The molecule has 0 aliphatic rings. The number of halogens is 1. The molecule has 0 amide bonds. The summed E-state index contributed by atoms with van der Waals surface area (Å²) in [7, 11) is 6.19. The van der Waals surface area contributed by atoms with E-state index in [0.717, 1.165) is 11.0 Å². The number of likely N-dealkylation sites (N-methyl/N-ethyl adjacent to an activating group) is 1. The van der Waals surface area contributed by atoms with Crippen LogP contribution in [0.2, 0.25) is 0 Å². The Morgan fingerprint density at radius 3 is 2.20 bits per heavy atom. The summed E-state index contributed by atoms with van der Waals surface area (Å²) >= 11 is 0. The summed E-state index contributed by atoms with van der Waals surface area (Å²) < 4.78 is 0.846.